The number of benzene rings is 9. The molecule has 111 heavy (non-hydrogen) atoms. The molecule has 0 saturated heterocycles. The number of hydrogen-bond acceptors (Lipinski definition) is 12. The molecule has 0 saturated carbocycles. The number of carbonyl (C=O) groups excluding carboxylic acids is 3. The fraction of sp³-hybridized carbons (Fsp3) is 0.125. The summed E-state index contributed by atoms with van der Waals surface area (Å²) in [6, 6.07) is 93.2. The number of allylic oxidation sites excluding steroid dienone is 6. The molecule has 0 amide bonds. The van der Waals surface area contributed by atoms with Crippen molar-refractivity contribution < 1.29 is 90.0 Å². The van der Waals surface area contributed by atoms with Crippen molar-refractivity contribution in [3.8, 4) is 98.5 Å². The molecular weight excluding hydrogens is 1960 g/mol. The van der Waals surface area contributed by atoms with Crippen LogP contribution in [0.25, 0.3) is 129 Å². The van der Waals surface area contributed by atoms with Crippen molar-refractivity contribution in [3.63, 3.8) is 0 Å². The average molecular weight is 2050 g/mol. The monoisotopic (exact) mass is 2050 g/mol. The van der Waals surface area contributed by atoms with Crippen LogP contribution in [0.2, 0.25) is 0 Å². The van der Waals surface area contributed by atoms with Gasteiger partial charge in [0.2, 0.25) is 0 Å². The smallest absolute Gasteiger partial charge is 0.155 e. The van der Waals surface area contributed by atoms with E-state index >= 15 is 0 Å². The first-order valence-corrected chi connectivity index (χ1v) is 37.6. The molecule has 567 valence electrons. The van der Waals surface area contributed by atoms with E-state index < -0.39 is 0 Å². The number of thiophene rings is 3. The zero-order chi connectivity index (χ0) is 77.0. The maximum atomic E-state index is 10.0. The Morgan fingerprint density at radius 3 is 0.928 bits per heavy atom. The Balaban J connectivity index is 0.000000202. The fourth-order valence-electron chi connectivity index (χ4n) is 12.3. The molecular formula is C96H84Ir3N3O6S3-3. The van der Waals surface area contributed by atoms with Gasteiger partial charge >= 0.3 is 0 Å². The Bertz CT molecular complexity index is 5650. The summed E-state index contributed by atoms with van der Waals surface area (Å²) in [6.45, 7) is 21.6. The van der Waals surface area contributed by atoms with Gasteiger partial charge in [0.25, 0.3) is 0 Å². The minimum absolute atomic E-state index is 0. The Labute approximate surface area is 704 Å². The van der Waals surface area contributed by atoms with E-state index in [1.54, 1.807) is 11.3 Å². The molecule has 9 nitrogen and oxygen atoms in total. The standard InChI is InChI=1S/C28H22NS.C27H20NS.C26H18NS.3C5H8O2.3Ir/c1-18-12-19(2)28(20(3)13-18)26-16-24-15-25(29-17-27(24)30-26)23-11-7-10-22(14-23)21-8-5-4-6-9-21;1-18-8-6-9-19(2)27(18)25-16-23-15-24(28-17-26(23)29-25)22-13-7-12-21(14-22)20-10-4-3-5-11-20;1-18-10-12-20(13-11-18)25-16-23-15-24(27-17-26(23)28-25)22-9-5-8-21(14-22)19-6-3-2-4-7-19;3*1-4(6)3-5(2)7;;;/h4-10,12-17H,1-3H3;3-12,14-17H,1-2H3;2-8,10-17H,1H3;3*3,6H,1-2H3;;;/q3*-1;;;;;;. The van der Waals surface area contributed by atoms with E-state index in [9.17, 15) is 14.4 Å². The van der Waals surface area contributed by atoms with Crippen molar-refractivity contribution in [1.29, 1.82) is 0 Å². The summed E-state index contributed by atoms with van der Waals surface area (Å²) in [6.07, 6.45) is 9.48. The molecule has 15 heteroatoms. The second-order valence-electron chi connectivity index (χ2n) is 26.3. The molecule has 3 radical (unpaired) electrons. The van der Waals surface area contributed by atoms with E-state index in [1.807, 2.05) is 77.7 Å². The molecule has 15 aromatic rings. The van der Waals surface area contributed by atoms with Gasteiger partial charge in [-0.25, -0.2) is 0 Å². The van der Waals surface area contributed by atoms with Crippen molar-refractivity contribution in [2.75, 3.05) is 0 Å². The third-order valence-electron chi connectivity index (χ3n) is 17.0. The Morgan fingerprint density at radius 1 is 0.315 bits per heavy atom. The zero-order valence-electron chi connectivity index (χ0n) is 63.6. The molecule has 9 aromatic carbocycles. The predicted molar refractivity (Wildman–Crippen MR) is 454 cm³/mol. The summed E-state index contributed by atoms with van der Waals surface area (Å²) in [5, 5.41) is 28.8. The molecule has 6 aromatic heterocycles. The Kier molecular flexibility index (Phi) is 33.6. The van der Waals surface area contributed by atoms with Gasteiger partial charge in [0.05, 0.1) is 31.4 Å². The number of fused-ring (bicyclic) bond motifs is 3. The predicted octanol–water partition coefficient (Wildman–Crippen LogP) is 26.2. The average Bonchev–Trinajstić information content (AvgIpc) is 1.67. The Morgan fingerprint density at radius 2 is 0.622 bits per heavy atom. The first-order chi connectivity index (χ1) is 51.9. The van der Waals surface area contributed by atoms with Crippen LogP contribution in [0.5, 0.6) is 0 Å². The first kappa shape index (κ1) is 88.1. The summed E-state index contributed by atoms with van der Waals surface area (Å²) < 4.78 is 3.64. The van der Waals surface area contributed by atoms with E-state index in [0.29, 0.717) is 0 Å². The van der Waals surface area contributed by atoms with Gasteiger partial charge in [0.1, 0.15) is 0 Å². The third-order valence-corrected chi connectivity index (χ3v) is 20.3. The van der Waals surface area contributed by atoms with Crippen LogP contribution >= 0.6 is 34.0 Å². The van der Waals surface area contributed by atoms with Crippen LogP contribution in [0.4, 0.5) is 0 Å². The summed E-state index contributed by atoms with van der Waals surface area (Å²) >= 11 is 5.41. The number of nitrogens with zero attached hydrogens (tertiary/aromatic N) is 3. The number of hydrogen-bond donors (Lipinski definition) is 3. The van der Waals surface area contributed by atoms with Crippen molar-refractivity contribution in [2.24, 2.45) is 0 Å². The molecule has 0 bridgehead atoms. The third kappa shape index (κ3) is 25.2. The minimum atomic E-state index is -0.125. The number of pyridine rings is 3. The fourth-order valence-corrected chi connectivity index (χ4v) is 15.7. The topological polar surface area (TPSA) is 151 Å². The van der Waals surface area contributed by atoms with Gasteiger partial charge in [-0.15, -0.1) is 140 Å². The number of ketones is 3. The van der Waals surface area contributed by atoms with Crippen LogP contribution in [-0.2, 0) is 74.7 Å². The normalized spacial score (nSPS) is 10.9. The number of rotatable bonds is 12. The SMILES string of the molecule is CC(=O)C=C(C)O.CC(=O)C=C(C)O.CC(=O)C=C(C)O.Cc1cc(C)c(-c2cc3cc(-c4[c-]ccc(-c5ccccc5)c4)ncc3s2)c(C)c1.Cc1ccc(-c2cc3cc(-c4[c-]ccc(-c5ccccc5)c4)ncc3s2)cc1.Cc1cccc(C)c1-c1cc2cc(-c3[c-]ccc(-c4ccccc4)c3)ncc2s1.[Ir].[Ir].[Ir]. The number of aryl methyl sites for hydroxylation is 6. The van der Waals surface area contributed by atoms with Gasteiger partial charge in [-0.1, -0.05) is 175 Å². The van der Waals surface area contributed by atoms with E-state index in [2.05, 4.69) is 260 Å². The minimum Gasteiger partial charge on any atom is -0.512 e. The van der Waals surface area contributed by atoms with Crippen molar-refractivity contribution in [1.82, 2.24) is 15.0 Å². The second kappa shape index (κ2) is 42.3. The van der Waals surface area contributed by atoms with E-state index in [-0.39, 0.29) is 94.9 Å². The Hall–Kier alpha value is -10.1. The number of carbonyl (C=O) groups is 3. The van der Waals surface area contributed by atoms with E-state index in [4.69, 9.17) is 30.3 Å². The first-order valence-electron chi connectivity index (χ1n) is 35.2. The molecule has 0 aliphatic rings. The van der Waals surface area contributed by atoms with E-state index in [0.717, 1.165) is 33.8 Å². The summed E-state index contributed by atoms with van der Waals surface area (Å²) in [5.41, 5.74) is 24.9. The van der Waals surface area contributed by atoms with Crippen LogP contribution < -0.4 is 0 Å². The quantitative estimate of drug-likeness (QED) is 0.0617. The molecule has 0 fully saturated rings. The van der Waals surface area contributed by atoms with Gasteiger partial charge < -0.3 is 30.3 Å². The van der Waals surface area contributed by atoms with Crippen LogP contribution in [0.15, 0.2) is 291 Å². The van der Waals surface area contributed by atoms with Crippen LogP contribution in [0.3, 0.4) is 0 Å². The number of aromatic nitrogens is 3. The maximum absolute atomic E-state index is 10.0. The maximum Gasteiger partial charge on any atom is 0.155 e. The van der Waals surface area contributed by atoms with Gasteiger partial charge in [-0.05, 0) is 190 Å². The van der Waals surface area contributed by atoms with Crippen LogP contribution in [-0.4, -0.2) is 47.6 Å². The van der Waals surface area contributed by atoms with E-state index in [1.165, 1.54) is 188 Å². The molecule has 3 N–H and O–H groups in total. The zero-order valence-corrected chi connectivity index (χ0v) is 73.2. The molecule has 6 heterocycles. The van der Waals surface area contributed by atoms with Gasteiger partial charge in [-0.3, -0.25) is 14.4 Å². The molecule has 0 atom stereocenters. The van der Waals surface area contributed by atoms with Gasteiger partial charge in [-0.2, -0.15) is 0 Å². The number of aliphatic hydroxyl groups is 3. The molecule has 0 spiro atoms. The molecule has 0 unspecified atom stereocenters. The molecule has 0 aliphatic carbocycles. The second-order valence-corrected chi connectivity index (χ2v) is 29.6. The summed E-state index contributed by atoms with van der Waals surface area (Å²) in [7, 11) is 0. The number of aliphatic hydroxyl groups excluding tert-OH is 3. The van der Waals surface area contributed by atoms with Crippen molar-refractivity contribution in [3.05, 3.63) is 342 Å². The molecule has 15 rings (SSSR count). The largest absolute Gasteiger partial charge is 0.512 e. The van der Waals surface area contributed by atoms with Gasteiger partial charge in [0, 0.05) is 112 Å². The summed E-state index contributed by atoms with van der Waals surface area (Å²) in [4.78, 5) is 48.1. The van der Waals surface area contributed by atoms with Crippen LogP contribution in [0, 0.1) is 59.7 Å². The molecule has 0 aliphatic heterocycles. The van der Waals surface area contributed by atoms with Gasteiger partial charge in [0.15, 0.2) is 17.3 Å². The summed E-state index contributed by atoms with van der Waals surface area (Å²) in [5.74, 6) is -0.187. The van der Waals surface area contributed by atoms with Crippen molar-refractivity contribution >= 4 is 81.6 Å². The van der Waals surface area contributed by atoms with Crippen LogP contribution in [0.1, 0.15) is 74.9 Å². The van der Waals surface area contributed by atoms with Crippen molar-refractivity contribution in [2.45, 2.75) is 83.1 Å².